The van der Waals surface area contributed by atoms with Gasteiger partial charge in [-0.2, -0.15) is 5.26 Å². The Kier molecular flexibility index (Phi) is 4.73. The first kappa shape index (κ1) is 15.6. The predicted molar refractivity (Wildman–Crippen MR) is 79.9 cm³/mol. The van der Waals surface area contributed by atoms with Crippen molar-refractivity contribution in [2.75, 3.05) is 26.5 Å². The summed E-state index contributed by atoms with van der Waals surface area (Å²) in [7, 11) is 1.38. The molecular formula is C15H17FN2O2S. The highest BCUT2D eigenvalue weighted by Crippen LogP contribution is 2.34. The predicted octanol–water partition coefficient (Wildman–Crippen LogP) is 2.70. The van der Waals surface area contributed by atoms with Crippen LogP contribution in [0.5, 0.6) is 5.75 Å². The van der Waals surface area contributed by atoms with Crippen LogP contribution >= 0.6 is 11.8 Å². The van der Waals surface area contributed by atoms with Crippen LogP contribution < -0.4 is 4.74 Å². The lowest BCUT2D eigenvalue weighted by Gasteiger charge is -2.36. The fourth-order valence-electron chi connectivity index (χ4n) is 2.41. The fraction of sp³-hybridized carbons (Fsp3) is 0.467. The number of carbonyl (C=O) groups is 1. The number of rotatable bonds is 3. The smallest absolute Gasteiger partial charge is 0.253 e. The second-order valence-corrected chi connectivity index (χ2v) is 6.14. The van der Waals surface area contributed by atoms with Crippen LogP contribution in [0.15, 0.2) is 18.2 Å². The molecule has 1 fully saturated rings. The molecule has 0 unspecified atom stereocenters. The first-order valence-electron chi connectivity index (χ1n) is 6.64. The van der Waals surface area contributed by atoms with Gasteiger partial charge in [0.05, 0.1) is 13.2 Å². The number of carbonyl (C=O) groups excluding carboxylic acids is 1. The molecule has 0 atom stereocenters. The monoisotopic (exact) mass is 308 g/mol. The third kappa shape index (κ3) is 3.13. The van der Waals surface area contributed by atoms with Gasteiger partial charge in [0.15, 0.2) is 11.6 Å². The van der Waals surface area contributed by atoms with Gasteiger partial charge in [0.25, 0.3) is 5.91 Å². The molecule has 1 amide bonds. The SMILES string of the molecule is COc1ccc(C(=O)N2CCC(C#N)(SC)CC2)cc1F. The molecule has 0 N–H and O–H groups in total. The molecule has 0 aromatic heterocycles. The van der Waals surface area contributed by atoms with Crippen molar-refractivity contribution in [2.24, 2.45) is 0 Å². The molecule has 1 aliphatic rings. The van der Waals surface area contributed by atoms with Gasteiger partial charge in [0.1, 0.15) is 4.75 Å². The Bertz CT molecular complexity index is 578. The number of ether oxygens (including phenoxy) is 1. The van der Waals surface area contributed by atoms with Crippen molar-refractivity contribution in [3.05, 3.63) is 29.6 Å². The number of piperidine rings is 1. The summed E-state index contributed by atoms with van der Waals surface area (Å²) in [6.07, 6.45) is 3.18. The van der Waals surface area contributed by atoms with Crippen molar-refractivity contribution in [1.82, 2.24) is 4.90 Å². The van der Waals surface area contributed by atoms with E-state index in [2.05, 4.69) is 6.07 Å². The number of benzene rings is 1. The molecule has 21 heavy (non-hydrogen) atoms. The number of likely N-dealkylation sites (tertiary alicyclic amines) is 1. The second kappa shape index (κ2) is 6.35. The fourth-order valence-corrected chi connectivity index (χ4v) is 3.10. The van der Waals surface area contributed by atoms with E-state index in [4.69, 9.17) is 4.74 Å². The van der Waals surface area contributed by atoms with Crippen LogP contribution in [0, 0.1) is 17.1 Å². The number of thioether (sulfide) groups is 1. The molecule has 112 valence electrons. The maximum atomic E-state index is 13.7. The molecule has 1 saturated heterocycles. The van der Waals surface area contributed by atoms with Gasteiger partial charge < -0.3 is 9.64 Å². The van der Waals surface area contributed by atoms with E-state index in [1.165, 1.54) is 31.0 Å². The van der Waals surface area contributed by atoms with Crippen molar-refractivity contribution >= 4 is 17.7 Å². The summed E-state index contributed by atoms with van der Waals surface area (Å²) in [5, 5.41) is 9.24. The summed E-state index contributed by atoms with van der Waals surface area (Å²) in [5.41, 5.74) is 0.307. The number of nitriles is 1. The van der Waals surface area contributed by atoms with Crippen molar-refractivity contribution in [3.63, 3.8) is 0 Å². The van der Waals surface area contributed by atoms with Crippen molar-refractivity contribution in [2.45, 2.75) is 17.6 Å². The molecule has 0 aliphatic carbocycles. The van der Waals surface area contributed by atoms with E-state index < -0.39 is 10.6 Å². The minimum Gasteiger partial charge on any atom is -0.494 e. The molecule has 1 aliphatic heterocycles. The molecule has 0 radical (unpaired) electrons. The summed E-state index contributed by atoms with van der Waals surface area (Å²) in [6, 6.07) is 6.55. The van der Waals surface area contributed by atoms with Gasteiger partial charge in [-0.15, -0.1) is 11.8 Å². The number of methoxy groups -OCH3 is 1. The van der Waals surface area contributed by atoms with Gasteiger partial charge in [-0.1, -0.05) is 0 Å². The molecule has 0 bridgehead atoms. The average molecular weight is 308 g/mol. The topological polar surface area (TPSA) is 53.3 Å². The van der Waals surface area contributed by atoms with Crippen LogP contribution in [0.2, 0.25) is 0 Å². The van der Waals surface area contributed by atoms with E-state index in [0.29, 0.717) is 31.5 Å². The molecule has 1 aromatic rings. The normalized spacial score (nSPS) is 17.1. The Morgan fingerprint density at radius 2 is 2.14 bits per heavy atom. The van der Waals surface area contributed by atoms with Gasteiger partial charge in [0, 0.05) is 18.7 Å². The zero-order valence-corrected chi connectivity index (χ0v) is 12.9. The summed E-state index contributed by atoms with van der Waals surface area (Å²) < 4.78 is 18.1. The summed E-state index contributed by atoms with van der Waals surface area (Å²) in [4.78, 5) is 14.0. The number of nitrogens with zero attached hydrogens (tertiary/aromatic N) is 2. The highest BCUT2D eigenvalue weighted by atomic mass is 32.2. The van der Waals surface area contributed by atoms with Gasteiger partial charge in [-0.05, 0) is 37.3 Å². The highest BCUT2D eigenvalue weighted by molar-refractivity contribution is 8.00. The Morgan fingerprint density at radius 3 is 2.62 bits per heavy atom. The third-order valence-corrected chi connectivity index (χ3v) is 5.13. The zero-order valence-electron chi connectivity index (χ0n) is 12.1. The van der Waals surface area contributed by atoms with Crippen LogP contribution in [-0.2, 0) is 0 Å². The average Bonchev–Trinajstić information content (AvgIpc) is 2.54. The quantitative estimate of drug-likeness (QED) is 0.861. The van der Waals surface area contributed by atoms with Crippen LogP contribution in [0.4, 0.5) is 4.39 Å². The number of amides is 1. The molecule has 4 nitrogen and oxygen atoms in total. The summed E-state index contributed by atoms with van der Waals surface area (Å²) in [5.74, 6) is -0.629. The maximum Gasteiger partial charge on any atom is 0.253 e. The van der Waals surface area contributed by atoms with Crippen LogP contribution in [0.25, 0.3) is 0 Å². The Labute approximate surface area is 127 Å². The zero-order chi connectivity index (χ0) is 15.5. The molecule has 1 heterocycles. The molecule has 6 heteroatoms. The highest BCUT2D eigenvalue weighted by Gasteiger charge is 2.35. The minimum atomic E-state index is -0.546. The van der Waals surface area contributed by atoms with Crippen LogP contribution in [0.3, 0.4) is 0 Å². The van der Waals surface area contributed by atoms with Crippen molar-refractivity contribution in [1.29, 1.82) is 5.26 Å². The van der Waals surface area contributed by atoms with E-state index in [9.17, 15) is 14.4 Å². The van der Waals surface area contributed by atoms with Crippen LogP contribution in [0.1, 0.15) is 23.2 Å². The Hall–Kier alpha value is -1.74. The number of hydrogen-bond donors (Lipinski definition) is 0. The van der Waals surface area contributed by atoms with Crippen molar-refractivity contribution < 1.29 is 13.9 Å². The third-order valence-electron chi connectivity index (χ3n) is 3.85. The van der Waals surface area contributed by atoms with E-state index in [1.54, 1.807) is 11.0 Å². The molecular weight excluding hydrogens is 291 g/mol. The van der Waals surface area contributed by atoms with E-state index >= 15 is 0 Å². The molecule has 2 rings (SSSR count). The molecule has 0 spiro atoms. The lowest BCUT2D eigenvalue weighted by molar-refractivity contribution is 0.0716. The largest absolute Gasteiger partial charge is 0.494 e. The first-order valence-corrected chi connectivity index (χ1v) is 7.87. The summed E-state index contributed by atoms with van der Waals surface area (Å²) >= 11 is 1.53. The van der Waals surface area contributed by atoms with Crippen LogP contribution in [-0.4, -0.2) is 42.0 Å². The van der Waals surface area contributed by atoms with E-state index in [1.807, 2.05) is 6.26 Å². The Balaban J connectivity index is 2.09. The van der Waals surface area contributed by atoms with E-state index in [0.717, 1.165) is 0 Å². The molecule has 0 saturated carbocycles. The number of hydrogen-bond acceptors (Lipinski definition) is 4. The maximum absolute atomic E-state index is 13.7. The summed E-state index contributed by atoms with van der Waals surface area (Å²) in [6.45, 7) is 1.03. The number of halogens is 1. The Morgan fingerprint density at radius 1 is 1.48 bits per heavy atom. The molecule has 1 aromatic carbocycles. The minimum absolute atomic E-state index is 0.121. The van der Waals surface area contributed by atoms with Gasteiger partial charge >= 0.3 is 0 Å². The standard InChI is InChI=1S/C15H17FN2O2S/c1-20-13-4-3-11(9-12(13)16)14(19)18-7-5-15(10-17,21-2)6-8-18/h3-4,9H,5-8H2,1-2H3. The van der Waals surface area contributed by atoms with Gasteiger partial charge in [-0.25, -0.2) is 4.39 Å². The van der Waals surface area contributed by atoms with E-state index in [-0.39, 0.29) is 11.7 Å². The van der Waals surface area contributed by atoms with Gasteiger partial charge in [0.2, 0.25) is 0 Å². The lowest BCUT2D eigenvalue weighted by atomic mass is 9.96. The first-order chi connectivity index (χ1) is 10.0. The van der Waals surface area contributed by atoms with Gasteiger partial charge in [-0.3, -0.25) is 4.79 Å². The lowest BCUT2D eigenvalue weighted by Crippen LogP contribution is -2.44. The second-order valence-electron chi connectivity index (χ2n) is 4.95. The van der Waals surface area contributed by atoms with Crippen molar-refractivity contribution in [3.8, 4) is 11.8 Å².